The van der Waals surface area contributed by atoms with Gasteiger partial charge in [0.05, 0.1) is 22.8 Å². The fraction of sp³-hybridized carbons (Fsp3) is 0. The molecule has 0 aliphatic carbocycles. The van der Waals surface area contributed by atoms with Gasteiger partial charge in [-0.3, -0.25) is 0 Å². The Morgan fingerprint density at radius 2 is 0.370 bits per heavy atom. The first-order valence-electron chi connectivity index (χ1n) is 18.3. The molecule has 0 bridgehead atoms. The van der Waals surface area contributed by atoms with Gasteiger partial charge in [-0.2, -0.15) is 0 Å². The van der Waals surface area contributed by atoms with Crippen molar-refractivity contribution in [1.82, 2.24) is 9.97 Å². The zero-order chi connectivity index (χ0) is 36.1. The second kappa shape index (κ2) is 14.8. The number of benzene rings is 7. The Morgan fingerprint density at radius 3 is 0.611 bits per heavy atom. The fourth-order valence-electron chi connectivity index (χ4n) is 7.06. The maximum atomic E-state index is 5.09. The molecule has 0 aliphatic heterocycles. The molecule has 2 heterocycles. The van der Waals surface area contributed by atoms with Crippen LogP contribution in [0.25, 0.3) is 89.5 Å². The largest absolute Gasteiger partial charge is 0.248 e. The molecule has 0 unspecified atom stereocenters. The van der Waals surface area contributed by atoms with Crippen molar-refractivity contribution in [3.63, 3.8) is 0 Å². The van der Waals surface area contributed by atoms with Gasteiger partial charge in [0.2, 0.25) is 0 Å². The van der Waals surface area contributed by atoms with Crippen molar-refractivity contribution in [3.05, 3.63) is 218 Å². The highest BCUT2D eigenvalue weighted by Crippen LogP contribution is 2.36. The van der Waals surface area contributed by atoms with Crippen molar-refractivity contribution in [2.24, 2.45) is 0 Å². The minimum absolute atomic E-state index is 0.959. The molecular weight excluding hydrogens is 653 g/mol. The molecule has 0 saturated carbocycles. The minimum Gasteiger partial charge on any atom is -0.248 e. The van der Waals surface area contributed by atoms with Crippen molar-refractivity contribution in [3.8, 4) is 89.5 Å². The van der Waals surface area contributed by atoms with Crippen LogP contribution in [0.3, 0.4) is 0 Å². The molecule has 7 aromatic carbocycles. The maximum Gasteiger partial charge on any atom is 0.0715 e. The minimum atomic E-state index is 0.959. The zero-order valence-corrected chi connectivity index (χ0v) is 29.7. The van der Waals surface area contributed by atoms with Gasteiger partial charge in [0, 0.05) is 22.3 Å². The first-order chi connectivity index (χ1) is 26.7. The Balaban J connectivity index is 1.08. The lowest BCUT2D eigenvalue weighted by Gasteiger charge is -2.13. The first kappa shape index (κ1) is 32.7. The van der Waals surface area contributed by atoms with Crippen LogP contribution < -0.4 is 0 Å². The maximum absolute atomic E-state index is 5.09. The summed E-state index contributed by atoms with van der Waals surface area (Å²) in [6, 6.07) is 77.0. The van der Waals surface area contributed by atoms with E-state index in [1.807, 2.05) is 24.3 Å². The van der Waals surface area contributed by atoms with Crippen LogP contribution >= 0.6 is 0 Å². The number of hydrogen-bond acceptors (Lipinski definition) is 2. The van der Waals surface area contributed by atoms with Crippen LogP contribution in [0.4, 0.5) is 0 Å². The van der Waals surface area contributed by atoms with Crippen molar-refractivity contribution >= 4 is 0 Å². The van der Waals surface area contributed by atoms with Gasteiger partial charge >= 0.3 is 0 Å². The summed E-state index contributed by atoms with van der Waals surface area (Å²) in [4.78, 5) is 10.2. The van der Waals surface area contributed by atoms with Crippen LogP contribution in [0.5, 0.6) is 0 Å². The van der Waals surface area contributed by atoms with E-state index < -0.39 is 0 Å². The number of pyridine rings is 2. The average Bonchev–Trinajstić information content (AvgIpc) is 3.27. The molecule has 2 aromatic heterocycles. The number of aromatic nitrogens is 2. The molecule has 2 heteroatoms. The van der Waals surface area contributed by atoms with E-state index in [1.54, 1.807) is 0 Å². The molecule has 0 saturated heterocycles. The van der Waals surface area contributed by atoms with Crippen molar-refractivity contribution in [1.29, 1.82) is 0 Å². The second-order valence-electron chi connectivity index (χ2n) is 13.5. The van der Waals surface area contributed by atoms with Crippen molar-refractivity contribution in [2.45, 2.75) is 0 Å². The third kappa shape index (κ3) is 7.01. The van der Waals surface area contributed by atoms with E-state index in [-0.39, 0.29) is 0 Å². The van der Waals surface area contributed by atoms with E-state index in [0.29, 0.717) is 0 Å². The Hall–Kier alpha value is -7.16. The highest BCUT2D eigenvalue weighted by atomic mass is 14.7. The van der Waals surface area contributed by atoms with Crippen molar-refractivity contribution < 1.29 is 0 Å². The SMILES string of the molecule is c1ccc(-c2cc(-c3cccc(-c4cccc(-c5cccc(-c6cc(-c7ccccc7)nc(-c7ccccc7)c6)c5)c4)c3)cc(-c3ccccc3)n2)cc1. The third-order valence-corrected chi connectivity index (χ3v) is 9.85. The van der Waals surface area contributed by atoms with Gasteiger partial charge in [-0.1, -0.05) is 176 Å². The lowest BCUT2D eigenvalue weighted by atomic mass is 9.94. The highest BCUT2D eigenvalue weighted by Gasteiger charge is 2.12. The molecule has 0 aliphatic rings. The van der Waals surface area contributed by atoms with Gasteiger partial charge in [0.1, 0.15) is 0 Å². The lowest BCUT2D eigenvalue weighted by molar-refractivity contribution is 1.32. The zero-order valence-electron chi connectivity index (χ0n) is 29.7. The summed E-state index contributed by atoms with van der Waals surface area (Å²) in [5, 5.41) is 0. The van der Waals surface area contributed by atoms with Gasteiger partial charge in [0.15, 0.2) is 0 Å². The summed E-state index contributed by atoms with van der Waals surface area (Å²) < 4.78 is 0. The van der Waals surface area contributed by atoms with Crippen LogP contribution in [0, 0.1) is 0 Å². The molecular formula is C52H36N2. The standard InChI is InChI=1S/C52H36N2/c1-5-16-37(17-6-1)49-33-47(34-50(53-49)38-18-7-2-8-19-38)45-28-14-26-43(31-45)41-24-13-25-42(30-41)44-27-15-29-46(32-44)48-35-51(39-20-9-3-10-21-39)54-52(36-48)40-22-11-4-12-23-40/h1-36H. The predicted molar refractivity (Wildman–Crippen MR) is 226 cm³/mol. The summed E-state index contributed by atoms with van der Waals surface area (Å²) >= 11 is 0. The van der Waals surface area contributed by atoms with Crippen LogP contribution in [-0.2, 0) is 0 Å². The van der Waals surface area contributed by atoms with Crippen LogP contribution in [0.2, 0.25) is 0 Å². The molecule has 0 radical (unpaired) electrons. The van der Waals surface area contributed by atoms with E-state index in [1.165, 1.54) is 22.3 Å². The third-order valence-electron chi connectivity index (χ3n) is 9.85. The number of hydrogen-bond donors (Lipinski definition) is 0. The van der Waals surface area contributed by atoms with E-state index in [2.05, 4.69) is 194 Å². The van der Waals surface area contributed by atoms with E-state index in [4.69, 9.17) is 9.97 Å². The summed E-state index contributed by atoms with van der Waals surface area (Å²) in [5.41, 5.74) is 17.5. The molecule has 0 atom stereocenters. The first-order valence-corrected chi connectivity index (χ1v) is 18.3. The average molecular weight is 689 g/mol. The normalized spacial score (nSPS) is 11.0. The molecule has 2 nitrogen and oxygen atoms in total. The van der Waals surface area contributed by atoms with Crippen LogP contribution in [0.15, 0.2) is 218 Å². The van der Waals surface area contributed by atoms with Crippen LogP contribution in [-0.4, -0.2) is 9.97 Å². The molecule has 0 fully saturated rings. The van der Waals surface area contributed by atoms with E-state index in [0.717, 1.165) is 67.3 Å². The van der Waals surface area contributed by atoms with Gasteiger partial charge in [-0.05, 0) is 87.0 Å². The Bertz CT molecular complexity index is 2390. The Labute approximate surface area is 316 Å². The topological polar surface area (TPSA) is 25.8 Å². The summed E-state index contributed by atoms with van der Waals surface area (Å²) in [6.45, 7) is 0. The molecule has 9 aromatic rings. The Morgan fingerprint density at radius 1 is 0.167 bits per heavy atom. The van der Waals surface area contributed by atoms with Crippen LogP contribution in [0.1, 0.15) is 0 Å². The van der Waals surface area contributed by atoms with Crippen molar-refractivity contribution in [2.75, 3.05) is 0 Å². The summed E-state index contributed by atoms with van der Waals surface area (Å²) in [5.74, 6) is 0. The van der Waals surface area contributed by atoms with Gasteiger partial charge in [-0.15, -0.1) is 0 Å². The van der Waals surface area contributed by atoms with E-state index >= 15 is 0 Å². The number of rotatable bonds is 8. The van der Waals surface area contributed by atoms with E-state index in [9.17, 15) is 0 Å². The molecule has 0 spiro atoms. The van der Waals surface area contributed by atoms with Gasteiger partial charge < -0.3 is 0 Å². The monoisotopic (exact) mass is 688 g/mol. The predicted octanol–water partition coefficient (Wildman–Crippen LogP) is 13.8. The van der Waals surface area contributed by atoms with Gasteiger partial charge in [0.25, 0.3) is 0 Å². The van der Waals surface area contributed by atoms with Gasteiger partial charge in [-0.25, -0.2) is 9.97 Å². The highest BCUT2D eigenvalue weighted by molar-refractivity contribution is 5.83. The summed E-state index contributed by atoms with van der Waals surface area (Å²) in [7, 11) is 0. The molecule has 254 valence electrons. The molecule has 0 amide bonds. The second-order valence-corrected chi connectivity index (χ2v) is 13.5. The lowest BCUT2D eigenvalue weighted by Crippen LogP contribution is -1.91. The number of nitrogens with zero attached hydrogens (tertiary/aromatic N) is 2. The Kier molecular flexibility index (Phi) is 8.99. The molecule has 0 N–H and O–H groups in total. The molecule has 54 heavy (non-hydrogen) atoms. The summed E-state index contributed by atoms with van der Waals surface area (Å²) in [6.07, 6.45) is 0. The fourth-order valence-corrected chi connectivity index (χ4v) is 7.06. The quantitative estimate of drug-likeness (QED) is 0.159. The molecule has 9 rings (SSSR count). The smallest absolute Gasteiger partial charge is 0.0715 e.